The van der Waals surface area contributed by atoms with Gasteiger partial charge >= 0.3 is 0 Å². The van der Waals surface area contributed by atoms with Gasteiger partial charge in [-0.15, -0.1) is 0 Å². The number of ether oxygens (including phenoxy) is 1. The number of hydrogen-bond donors (Lipinski definition) is 1. The van der Waals surface area contributed by atoms with Crippen LogP contribution in [0.3, 0.4) is 0 Å². The molecule has 0 saturated carbocycles. The Bertz CT molecular complexity index is 312. The SMILES string of the molecule is CC1CNCC(C)(Cc2ccccc2)O1. The molecule has 15 heavy (non-hydrogen) atoms. The maximum atomic E-state index is 6.02. The van der Waals surface area contributed by atoms with Crippen LogP contribution >= 0.6 is 0 Å². The molecule has 1 fully saturated rings. The predicted octanol–water partition coefficient (Wildman–Crippen LogP) is 2.00. The summed E-state index contributed by atoms with van der Waals surface area (Å²) in [5, 5.41) is 3.42. The van der Waals surface area contributed by atoms with Crippen molar-refractivity contribution in [2.24, 2.45) is 0 Å². The first-order chi connectivity index (χ1) is 7.18. The molecule has 2 atom stereocenters. The fourth-order valence-electron chi connectivity index (χ4n) is 2.24. The third-order valence-electron chi connectivity index (χ3n) is 2.84. The Balaban J connectivity index is 2.04. The van der Waals surface area contributed by atoms with Gasteiger partial charge in [0.25, 0.3) is 0 Å². The molecule has 0 amide bonds. The lowest BCUT2D eigenvalue weighted by atomic mass is 9.94. The van der Waals surface area contributed by atoms with Crippen molar-refractivity contribution >= 4 is 0 Å². The van der Waals surface area contributed by atoms with Gasteiger partial charge in [0.1, 0.15) is 0 Å². The van der Waals surface area contributed by atoms with Crippen molar-refractivity contribution in [2.45, 2.75) is 32.0 Å². The molecule has 82 valence electrons. The first-order valence-electron chi connectivity index (χ1n) is 5.60. The van der Waals surface area contributed by atoms with E-state index in [1.54, 1.807) is 0 Å². The number of nitrogens with one attached hydrogen (secondary N) is 1. The highest BCUT2D eigenvalue weighted by molar-refractivity contribution is 5.17. The van der Waals surface area contributed by atoms with Crippen LogP contribution in [0.25, 0.3) is 0 Å². The Hall–Kier alpha value is -0.860. The van der Waals surface area contributed by atoms with Crippen LogP contribution in [0, 0.1) is 0 Å². The molecule has 2 unspecified atom stereocenters. The van der Waals surface area contributed by atoms with Gasteiger partial charge in [-0.05, 0) is 19.4 Å². The van der Waals surface area contributed by atoms with Crippen molar-refractivity contribution in [3.8, 4) is 0 Å². The van der Waals surface area contributed by atoms with E-state index < -0.39 is 0 Å². The van der Waals surface area contributed by atoms with Crippen molar-refractivity contribution in [3.63, 3.8) is 0 Å². The highest BCUT2D eigenvalue weighted by Crippen LogP contribution is 2.21. The number of morpholine rings is 1. The molecule has 2 nitrogen and oxygen atoms in total. The monoisotopic (exact) mass is 205 g/mol. The molecule has 0 spiro atoms. The Kier molecular flexibility index (Phi) is 3.08. The van der Waals surface area contributed by atoms with Crippen LogP contribution in [0.1, 0.15) is 19.4 Å². The zero-order valence-corrected chi connectivity index (χ0v) is 9.49. The van der Waals surface area contributed by atoms with E-state index in [2.05, 4.69) is 49.5 Å². The van der Waals surface area contributed by atoms with Crippen LogP contribution in [0.15, 0.2) is 30.3 Å². The van der Waals surface area contributed by atoms with Crippen LogP contribution in [0.5, 0.6) is 0 Å². The molecule has 1 N–H and O–H groups in total. The Morgan fingerprint density at radius 3 is 2.80 bits per heavy atom. The molecule has 2 rings (SSSR count). The minimum Gasteiger partial charge on any atom is -0.369 e. The zero-order valence-electron chi connectivity index (χ0n) is 9.49. The van der Waals surface area contributed by atoms with Gasteiger partial charge in [-0.25, -0.2) is 0 Å². The molecule has 1 saturated heterocycles. The summed E-state index contributed by atoms with van der Waals surface area (Å²) in [5.74, 6) is 0. The van der Waals surface area contributed by atoms with Crippen molar-refractivity contribution < 1.29 is 4.74 Å². The van der Waals surface area contributed by atoms with Gasteiger partial charge < -0.3 is 10.1 Å². The van der Waals surface area contributed by atoms with E-state index in [0.717, 1.165) is 19.5 Å². The maximum Gasteiger partial charge on any atom is 0.0822 e. The molecule has 1 aromatic carbocycles. The molecule has 0 aliphatic carbocycles. The first-order valence-corrected chi connectivity index (χ1v) is 5.60. The van der Waals surface area contributed by atoms with E-state index in [-0.39, 0.29) is 5.60 Å². The third kappa shape index (κ3) is 2.80. The number of benzene rings is 1. The Labute approximate surface area is 91.6 Å². The van der Waals surface area contributed by atoms with Gasteiger partial charge in [-0.3, -0.25) is 0 Å². The van der Waals surface area contributed by atoms with Gasteiger partial charge in [-0.1, -0.05) is 30.3 Å². The fourth-order valence-corrected chi connectivity index (χ4v) is 2.24. The van der Waals surface area contributed by atoms with Gasteiger partial charge in [0.15, 0.2) is 0 Å². The quantitative estimate of drug-likeness (QED) is 0.797. The summed E-state index contributed by atoms with van der Waals surface area (Å²) in [6.07, 6.45) is 1.29. The number of hydrogen-bond acceptors (Lipinski definition) is 2. The lowest BCUT2D eigenvalue weighted by molar-refractivity contribution is -0.0964. The second kappa shape index (κ2) is 4.33. The van der Waals surface area contributed by atoms with Crippen molar-refractivity contribution in [1.29, 1.82) is 0 Å². The predicted molar refractivity (Wildman–Crippen MR) is 62.0 cm³/mol. The average molecular weight is 205 g/mol. The second-order valence-corrected chi connectivity index (χ2v) is 4.67. The Morgan fingerprint density at radius 1 is 1.40 bits per heavy atom. The van der Waals surface area contributed by atoms with E-state index in [1.807, 2.05) is 0 Å². The summed E-state index contributed by atoms with van der Waals surface area (Å²) in [5.41, 5.74) is 1.29. The van der Waals surface area contributed by atoms with Crippen LogP contribution in [0.2, 0.25) is 0 Å². The molecule has 0 aromatic heterocycles. The van der Waals surface area contributed by atoms with E-state index in [0.29, 0.717) is 6.10 Å². The highest BCUT2D eigenvalue weighted by atomic mass is 16.5. The third-order valence-corrected chi connectivity index (χ3v) is 2.84. The molecule has 2 heteroatoms. The minimum absolute atomic E-state index is 0.0565. The summed E-state index contributed by atoms with van der Waals surface area (Å²) in [6, 6.07) is 10.5. The summed E-state index contributed by atoms with van der Waals surface area (Å²) < 4.78 is 6.02. The minimum atomic E-state index is -0.0565. The van der Waals surface area contributed by atoms with Gasteiger partial charge in [0.2, 0.25) is 0 Å². The van der Waals surface area contributed by atoms with E-state index in [4.69, 9.17) is 4.74 Å². The Morgan fingerprint density at radius 2 is 2.13 bits per heavy atom. The van der Waals surface area contributed by atoms with E-state index >= 15 is 0 Å². The van der Waals surface area contributed by atoms with Crippen molar-refractivity contribution in [3.05, 3.63) is 35.9 Å². The van der Waals surface area contributed by atoms with Crippen LogP contribution in [-0.2, 0) is 11.2 Å². The molecule has 1 heterocycles. The van der Waals surface area contributed by atoms with Crippen LogP contribution in [0.4, 0.5) is 0 Å². The zero-order chi connectivity index (χ0) is 10.7. The molecule has 0 bridgehead atoms. The molecule has 1 aliphatic rings. The van der Waals surface area contributed by atoms with Gasteiger partial charge in [0.05, 0.1) is 11.7 Å². The summed E-state index contributed by atoms with van der Waals surface area (Å²) in [6.45, 7) is 6.20. The summed E-state index contributed by atoms with van der Waals surface area (Å²) in [4.78, 5) is 0. The smallest absolute Gasteiger partial charge is 0.0822 e. The van der Waals surface area contributed by atoms with E-state index in [1.165, 1.54) is 5.56 Å². The van der Waals surface area contributed by atoms with Gasteiger partial charge in [-0.2, -0.15) is 0 Å². The molecule has 1 aromatic rings. The average Bonchev–Trinajstić information content (AvgIpc) is 2.18. The standard InChI is InChI=1S/C13H19NO/c1-11-9-14-10-13(2,15-11)8-12-6-4-3-5-7-12/h3-7,11,14H,8-10H2,1-2H3. The van der Waals surface area contributed by atoms with Crippen LogP contribution in [-0.4, -0.2) is 24.8 Å². The first kappa shape index (κ1) is 10.7. The second-order valence-electron chi connectivity index (χ2n) is 4.67. The summed E-state index contributed by atoms with van der Waals surface area (Å²) in [7, 11) is 0. The molecule has 0 radical (unpaired) electrons. The summed E-state index contributed by atoms with van der Waals surface area (Å²) >= 11 is 0. The fraction of sp³-hybridized carbons (Fsp3) is 0.538. The lowest BCUT2D eigenvalue weighted by Crippen LogP contribution is -2.52. The van der Waals surface area contributed by atoms with Gasteiger partial charge in [0, 0.05) is 19.5 Å². The normalized spacial score (nSPS) is 31.5. The number of rotatable bonds is 2. The van der Waals surface area contributed by atoms with E-state index in [9.17, 15) is 0 Å². The lowest BCUT2D eigenvalue weighted by Gasteiger charge is -2.38. The molecular weight excluding hydrogens is 186 g/mol. The topological polar surface area (TPSA) is 21.3 Å². The van der Waals surface area contributed by atoms with Crippen molar-refractivity contribution in [2.75, 3.05) is 13.1 Å². The largest absolute Gasteiger partial charge is 0.369 e. The van der Waals surface area contributed by atoms with Crippen molar-refractivity contribution in [1.82, 2.24) is 5.32 Å². The maximum absolute atomic E-state index is 6.02. The molecular formula is C13H19NO. The van der Waals surface area contributed by atoms with Crippen LogP contribution < -0.4 is 5.32 Å². The highest BCUT2D eigenvalue weighted by Gasteiger charge is 2.30. The molecule has 1 aliphatic heterocycles.